The van der Waals surface area contributed by atoms with Crippen molar-refractivity contribution in [1.29, 1.82) is 0 Å². The van der Waals surface area contributed by atoms with E-state index >= 15 is 0 Å². The molecule has 2 aromatic heterocycles. The maximum atomic E-state index is 12.5. The van der Waals surface area contributed by atoms with Gasteiger partial charge in [-0.3, -0.25) is 34.4 Å². The average Bonchev–Trinajstić information content (AvgIpc) is 3.60. The number of nitrogens with two attached hydrogens (primary N) is 1. The number of hydrogen-bond acceptors (Lipinski definition) is 10. The maximum absolute atomic E-state index is 12.5. The fraction of sp³-hybridized carbons (Fsp3) is 0.320. The maximum Gasteiger partial charge on any atom is 0.307 e. The molecule has 0 atom stereocenters. The number of rotatable bonds is 15. The van der Waals surface area contributed by atoms with Gasteiger partial charge in [-0.05, 0) is 89.2 Å². The number of fused-ring (bicyclic) bond motifs is 2. The third-order valence-corrected chi connectivity index (χ3v) is 10.1. The van der Waals surface area contributed by atoms with Crippen LogP contribution in [-0.2, 0) is 32.0 Å². The number of ether oxygens (including phenoxy) is 2. The minimum atomic E-state index is -0.874. The molecule has 1 aliphatic rings. The first kappa shape index (κ1) is 49.0. The molecule has 1 fully saturated rings. The van der Waals surface area contributed by atoms with Crippen molar-refractivity contribution in [1.82, 2.24) is 20.3 Å². The summed E-state index contributed by atoms with van der Waals surface area (Å²) < 4.78 is 10.7. The number of carbonyl (C=O) groups is 4. The van der Waals surface area contributed by atoms with Crippen LogP contribution in [0.4, 0.5) is 0 Å². The van der Waals surface area contributed by atoms with Gasteiger partial charge in [0, 0.05) is 42.6 Å². The second kappa shape index (κ2) is 25.9. The van der Waals surface area contributed by atoms with E-state index in [0.29, 0.717) is 12.0 Å². The number of aromatic nitrogens is 2. The van der Waals surface area contributed by atoms with Gasteiger partial charge >= 0.3 is 5.97 Å². The number of hydrogen-bond donors (Lipinski definition) is 4. The number of nitrogens with zero attached hydrogens (tertiary/aromatic N) is 3. The highest BCUT2D eigenvalue weighted by Gasteiger charge is 2.27. The molecule has 332 valence electrons. The first-order chi connectivity index (χ1) is 30.5. The molecule has 7 rings (SSSR count). The van der Waals surface area contributed by atoms with Gasteiger partial charge in [0.05, 0.1) is 38.1 Å². The zero-order chi connectivity index (χ0) is 45.6. The molecule has 0 spiro atoms. The lowest BCUT2D eigenvalue weighted by Crippen LogP contribution is -2.26. The molecule has 4 aromatic carbocycles. The zero-order valence-electron chi connectivity index (χ0n) is 36.6. The van der Waals surface area contributed by atoms with Gasteiger partial charge in [-0.25, -0.2) is 0 Å². The Morgan fingerprint density at radius 2 is 1.14 bits per heavy atom. The molecule has 1 aliphatic heterocycles. The third kappa shape index (κ3) is 14.7. The van der Waals surface area contributed by atoms with Crippen LogP contribution >= 0.6 is 0 Å². The Labute approximate surface area is 369 Å². The van der Waals surface area contributed by atoms with E-state index in [1.807, 2.05) is 91.1 Å². The first-order valence-electron chi connectivity index (χ1n) is 21.3. The van der Waals surface area contributed by atoms with Crippen molar-refractivity contribution in [3.05, 3.63) is 121 Å². The number of imide groups is 1. The highest BCUT2D eigenvalue weighted by molar-refractivity contribution is 6.01. The van der Waals surface area contributed by atoms with Crippen molar-refractivity contribution in [2.75, 3.05) is 27.3 Å². The van der Waals surface area contributed by atoms with Crippen molar-refractivity contribution in [3.63, 3.8) is 0 Å². The summed E-state index contributed by atoms with van der Waals surface area (Å²) >= 11 is 0. The third-order valence-electron chi connectivity index (χ3n) is 10.1. The van der Waals surface area contributed by atoms with Crippen LogP contribution in [0.5, 0.6) is 11.5 Å². The Bertz CT molecular complexity index is 2390. The number of aliphatic carboxylic acids is 1. The van der Waals surface area contributed by atoms with E-state index in [9.17, 15) is 19.2 Å². The quantitative estimate of drug-likeness (QED) is 0.0437. The Balaban J connectivity index is 0.000000214. The molecular formula is C50H59N5O8. The van der Waals surface area contributed by atoms with Crippen LogP contribution in [0.2, 0.25) is 0 Å². The Kier molecular flexibility index (Phi) is 20.2. The van der Waals surface area contributed by atoms with Crippen LogP contribution < -0.4 is 20.5 Å². The number of methoxy groups -OCH3 is 2. The summed E-state index contributed by atoms with van der Waals surface area (Å²) in [5.74, 6) is -0.347. The highest BCUT2D eigenvalue weighted by atomic mass is 16.5. The standard InChI is InChI=1S/C23H26N2O2.C18H15NO3.C5H13N.C4H5NO3/c1-3-4-8-13-24-22(26)14-18-16-25-21-12-11-19(27-2)15-20(21)23(18)17-9-6-5-7-10-17;1-22-14-7-8-16-15(10-14)18(12-5-3-2-4-6-12)13(11-19-16)9-17(20)21;1-2-3-4-5-6;6-3-1-2-4(7)5(3)8/h5-7,9-12,15-16H,3-4,8,13-14H2,1-2H3,(H,24,26);2-8,10-11H,9H2,1H3,(H,20,21);2-6H2,1H3;8H,1-2H2. The molecule has 13 nitrogen and oxygen atoms in total. The molecule has 0 radical (unpaired) electrons. The summed E-state index contributed by atoms with van der Waals surface area (Å²) in [6.45, 7) is 5.91. The van der Waals surface area contributed by atoms with E-state index in [1.165, 1.54) is 19.3 Å². The summed E-state index contributed by atoms with van der Waals surface area (Å²) in [4.78, 5) is 53.0. The predicted octanol–water partition coefficient (Wildman–Crippen LogP) is 8.96. The normalized spacial score (nSPS) is 11.7. The van der Waals surface area contributed by atoms with Gasteiger partial charge in [0.1, 0.15) is 11.5 Å². The van der Waals surface area contributed by atoms with Crippen molar-refractivity contribution < 1.29 is 39.0 Å². The molecule has 6 aromatic rings. The van der Waals surface area contributed by atoms with Crippen molar-refractivity contribution in [2.24, 2.45) is 5.73 Å². The van der Waals surface area contributed by atoms with Crippen LogP contribution in [0.15, 0.2) is 109 Å². The van der Waals surface area contributed by atoms with Gasteiger partial charge in [0.25, 0.3) is 11.8 Å². The summed E-state index contributed by atoms with van der Waals surface area (Å²) in [5, 5.41) is 22.6. The highest BCUT2D eigenvalue weighted by Crippen LogP contribution is 2.35. The second-order valence-corrected chi connectivity index (χ2v) is 14.7. The predicted molar refractivity (Wildman–Crippen MR) is 246 cm³/mol. The van der Waals surface area contributed by atoms with Crippen LogP contribution in [0, 0.1) is 0 Å². The summed E-state index contributed by atoms with van der Waals surface area (Å²) in [6.07, 6.45) is 11.1. The van der Waals surface area contributed by atoms with E-state index < -0.39 is 17.8 Å². The lowest BCUT2D eigenvalue weighted by atomic mass is 9.94. The number of carboxylic acids is 1. The topological polar surface area (TPSA) is 194 Å². The molecule has 0 saturated carbocycles. The second-order valence-electron chi connectivity index (χ2n) is 14.7. The molecule has 0 unspecified atom stereocenters. The van der Waals surface area contributed by atoms with Crippen LogP contribution in [0.1, 0.15) is 76.3 Å². The van der Waals surface area contributed by atoms with Gasteiger partial charge < -0.3 is 25.6 Å². The van der Waals surface area contributed by atoms with Crippen molar-refractivity contribution in [3.8, 4) is 33.8 Å². The number of carbonyl (C=O) groups excluding carboxylic acids is 3. The first-order valence-corrected chi connectivity index (χ1v) is 21.3. The number of carboxylic acid groups (broad SMARTS) is 1. The minimum absolute atomic E-state index is 0.0346. The van der Waals surface area contributed by atoms with E-state index in [4.69, 9.17) is 25.5 Å². The number of unbranched alkanes of at least 4 members (excludes halogenated alkanes) is 4. The van der Waals surface area contributed by atoms with E-state index in [2.05, 4.69) is 41.3 Å². The molecule has 0 aliphatic carbocycles. The van der Waals surface area contributed by atoms with Crippen LogP contribution in [-0.4, -0.2) is 76.3 Å². The Morgan fingerprint density at radius 3 is 1.52 bits per heavy atom. The minimum Gasteiger partial charge on any atom is -0.497 e. The molecule has 3 heterocycles. The van der Waals surface area contributed by atoms with Crippen molar-refractivity contribution in [2.45, 2.75) is 78.1 Å². The van der Waals surface area contributed by atoms with Gasteiger partial charge in [0.2, 0.25) is 5.91 Å². The van der Waals surface area contributed by atoms with Gasteiger partial charge in [-0.2, -0.15) is 5.06 Å². The van der Waals surface area contributed by atoms with Gasteiger partial charge in [-0.1, -0.05) is 100 Å². The largest absolute Gasteiger partial charge is 0.497 e. The van der Waals surface area contributed by atoms with Gasteiger partial charge in [0.15, 0.2) is 0 Å². The summed E-state index contributed by atoms with van der Waals surface area (Å²) in [5.41, 5.74) is 12.5. The van der Waals surface area contributed by atoms with Crippen LogP contribution in [0.25, 0.3) is 44.1 Å². The number of nitrogens with one attached hydrogen (secondary N) is 1. The number of benzene rings is 4. The molecular weight excluding hydrogens is 799 g/mol. The van der Waals surface area contributed by atoms with Crippen LogP contribution in [0.3, 0.4) is 0 Å². The average molecular weight is 858 g/mol. The molecule has 0 bridgehead atoms. The van der Waals surface area contributed by atoms with E-state index in [-0.39, 0.29) is 30.2 Å². The fourth-order valence-electron chi connectivity index (χ4n) is 6.80. The SMILES string of the molecule is CCCCCN.CCCCCNC(=O)Cc1cnc2ccc(OC)cc2c1-c1ccccc1.COc1ccc2ncc(CC(=O)O)c(-c3ccccc3)c2c1.O=C1CCC(=O)N1O. The smallest absolute Gasteiger partial charge is 0.307 e. The summed E-state index contributed by atoms with van der Waals surface area (Å²) in [7, 11) is 3.27. The lowest BCUT2D eigenvalue weighted by molar-refractivity contribution is -0.171. The fourth-order valence-corrected chi connectivity index (χ4v) is 6.80. The molecule has 13 heteroatoms. The molecule has 3 amide bonds. The molecule has 1 saturated heterocycles. The van der Waals surface area contributed by atoms with Gasteiger partial charge in [-0.15, -0.1) is 0 Å². The Hall–Kier alpha value is -6.70. The molecule has 5 N–H and O–H groups in total. The number of amides is 3. The Morgan fingerprint density at radius 1 is 0.683 bits per heavy atom. The van der Waals surface area contributed by atoms with E-state index in [1.54, 1.807) is 20.4 Å². The monoisotopic (exact) mass is 857 g/mol. The number of hydroxylamine groups is 2. The molecule has 63 heavy (non-hydrogen) atoms. The van der Waals surface area contributed by atoms with Crippen molar-refractivity contribution >= 4 is 45.5 Å². The van der Waals surface area contributed by atoms with E-state index in [0.717, 1.165) is 93.5 Å². The lowest BCUT2D eigenvalue weighted by Gasteiger charge is -2.14. The number of pyridine rings is 2. The zero-order valence-corrected chi connectivity index (χ0v) is 36.6. The summed E-state index contributed by atoms with van der Waals surface area (Å²) in [6, 6.07) is 31.4.